The van der Waals surface area contributed by atoms with Gasteiger partial charge in [0.2, 0.25) is 5.91 Å². The first-order valence-corrected chi connectivity index (χ1v) is 9.21. The molecule has 8 heteroatoms. The van der Waals surface area contributed by atoms with Gasteiger partial charge in [0.05, 0.1) is 11.3 Å². The maximum atomic E-state index is 13.3. The van der Waals surface area contributed by atoms with Crippen molar-refractivity contribution in [3.63, 3.8) is 0 Å². The first-order chi connectivity index (χ1) is 14.0. The van der Waals surface area contributed by atoms with Crippen LogP contribution in [-0.4, -0.2) is 15.9 Å². The Hall–Kier alpha value is -3.42. The molecule has 0 radical (unpaired) electrons. The second kappa shape index (κ2) is 8.14. The van der Waals surface area contributed by atoms with E-state index in [1.165, 1.54) is 30.6 Å². The minimum Gasteiger partial charge on any atom is -0.340 e. The van der Waals surface area contributed by atoms with Gasteiger partial charge in [0.1, 0.15) is 12.1 Å². The Labute approximate surface area is 172 Å². The quantitative estimate of drug-likeness (QED) is 0.559. The zero-order valence-electron chi connectivity index (χ0n) is 16.7. The highest BCUT2D eigenvalue weighted by molar-refractivity contribution is 5.94. The van der Waals surface area contributed by atoms with Gasteiger partial charge in [0.15, 0.2) is 0 Å². The lowest BCUT2D eigenvalue weighted by Crippen LogP contribution is -2.27. The molecule has 156 valence electrons. The molecule has 0 aliphatic rings. The minimum atomic E-state index is -4.48. The van der Waals surface area contributed by atoms with Gasteiger partial charge in [-0.25, -0.2) is 9.97 Å². The zero-order chi connectivity index (χ0) is 21.9. The topological polar surface area (TPSA) is 66.9 Å². The molecule has 1 amide bonds. The highest BCUT2D eigenvalue weighted by Gasteiger charge is 2.33. The van der Waals surface area contributed by atoms with Crippen LogP contribution in [-0.2, 0) is 11.0 Å². The predicted molar refractivity (Wildman–Crippen MR) is 110 cm³/mol. The van der Waals surface area contributed by atoms with Crippen LogP contribution in [0.3, 0.4) is 0 Å². The third kappa shape index (κ3) is 5.14. The molecule has 0 bridgehead atoms. The summed E-state index contributed by atoms with van der Waals surface area (Å²) in [5.74, 6) is 0.246. The second-order valence-electron chi connectivity index (χ2n) is 7.74. The van der Waals surface area contributed by atoms with Crippen molar-refractivity contribution in [2.45, 2.75) is 26.9 Å². The first kappa shape index (κ1) is 21.3. The molecule has 0 saturated carbocycles. The molecule has 0 spiro atoms. The summed E-state index contributed by atoms with van der Waals surface area (Å²) in [4.78, 5) is 20.1. The van der Waals surface area contributed by atoms with Gasteiger partial charge in [-0.2, -0.15) is 13.2 Å². The molecule has 3 rings (SSSR count). The molecule has 0 atom stereocenters. The lowest BCUT2D eigenvalue weighted by Gasteiger charge is -2.17. The van der Waals surface area contributed by atoms with Gasteiger partial charge >= 0.3 is 6.18 Å². The molecule has 0 unspecified atom stereocenters. The Balaban J connectivity index is 1.79. The Morgan fingerprint density at radius 3 is 2.17 bits per heavy atom. The van der Waals surface area contributed by atoms with Crippen LogP contribution >= 0.6 is 0 Å². The summed E-state index contributed by atoms with van der Waals surface area (Å²) in [5.41, 5.74) is 0.181. The highest BCUT2D eigenvalue weighted by Crippen LogP contribution is 2.36. The number of hydrogen-bond acceptors (Lipinski definition) is 4. The molecule has 1 heterocycles. The number of alkyl halides is 3. The van der Waals surface area contributed by atoms with Crippen LogP contribution in [0.2, 0.25) is 0 Å². The molecular formula is C22H21F3N4O. The Bertz CT molecular complexity index is 1040. The van der Waals surface area contributed by atoms with Crippen LogP contribution in [0.5, 0.6) is 0 Å². The summed E-state index contributed by atoms with van der Waals surface area (Å²) < 4.78 is 39.9. The highest BCUT2D eigenvalue weighted by atomic mass is 19.4. The van der Waals surface area contributed by atoms with Crippen molar-refractivity contribution in [3.05, 3.63) is 66.5 Å². The summed E-state index contributed by atoms with van der Waals surface area (Å²) >= 11 is 0. The zero-order valence-corrected chi connectivity index (χ0v) is 16.7. The Morgan fingerprint density at radius 1 is 0.900 bits per heavy atom. The van der Waals surface area contributed by atoms with E-state index in [0.717, 1.165) is 6.07 Å². The average molecular weight is 414 g/mol. The van der Waals surface area contributed by atoms with Gasteiger partial charge in [0, 0.05) is 28.4 Å². The smallest absolute Gasteiger partial charge is 0.340 e. The number of carbonyl (C=O) groups excluding carboxylic acids is 1. The summed E-state index contributed by atoms with van der Waals surface area (Å²) in [6, 6.07) is 13.7. The van der Waals surface area contributed by atoms with Crippen LogP contribution < -0.4 is 10.6 Å². The summed E-state index contributed by atoms with van der Waals surface area (Å²) in [6.45, 7) is 5.46. The van der Waals surface area contributed by atoms with E-state index in [1.807, 2.05) is 20.8 Å². The van der Waals surface area contributed by atoms with Gasteiger partial charge in [-0.15, -0.1) is 0 Å². The van der Waals surface area contributed by atoms with E-state index < -0.39 is 17.2 Å². The number of benzene rings is 2. The van der Waals surface area contributed by atoms with Gasteiger partial charge in [-0.1, -0.05) is 39.0 Å². The molecule has 0 aliphatic carbocycles. The molecule has 0 fully saturated rings. The SMILES string of the molecule is CC(C)(C)C(=O)Nc1ccc(Nc2cc(-c3ccccc3C(F)(F)F)ncn2)cc1. The number of nitrogens with zero attached hydrogens (tertiary/aromatic N) is 2. The maximum Gasteiger partial charge on any atom is 0.417 e. The van der Waals surface area contributed by atoms with Crippen LogP contribution in [0.15, 0.2) is 60.9 Å². The van der Waals surface area contributed by atoms with Gasteiger partial charge in [-0.05, 0) is 30.3 Å². The number of nitrogens with one attached hydrogen (secondary N) is 2. The van der Waals surface area contributed by atoms with E-state index in [2.05, 4.69) is 20.6 Å². The number of rotatable bonds is 4. The average Bonchev–Trinajstić information content (AvgIpc) is 2.68. The summed E-state index contributed by atoms with van der Waals surface area (Å²) in [5, 5.41) is 5.86. The largest absolute Gasteiger partial charge is 0.417 e. The molecule has 30 heavy (non-hydrogen) atoms. The van der Waals surface area contributed by atoms with E-state index in [-0.39, 0.29) is 17.2 Å². The maximum absolute atomic E-state index is 13.3. The van der Waals surface area contributed by atoms with E-state index >= 15 is 0 Å². The molecule has 1 aromatic heterocycles. The van der Waals surface area contributed by atoms with Gasteiger partial charge in [0.25, 0.3) is 0 Å². The fourth-order valence-corrected chi connectivity index (χ4v) is 2.63. The lowest BCUT2D eigenvalue weighted by molar-refractivity contribution is -0.137. The first-order valence-electron chi connectivity index (χ1n) is 9.21. The van der Waals surface area contributed by atoms with E-state index in [1.54, 1.807) is 24.3 Å². The monoisotopic (exact) mass is 414 g/mol. The van der Waals surface area contributed by atoms with E-state index in [0.29, 0.717) is 17.2 Å². The fraction of sp³-hybridized carbons (Fsp3) is 0.227. The number of aromatic nitrogens is 2. The molecular weight excluding hydrogens is 393 g/mol. The van der Waals surface area contributed by atoms with Crippen LogP contribution in [0, 0.1) is 5.41 Å². The van der Waals surface area contributed by atoms with Crippen LogP contribution in [0.4, 0.5) is 30.4 Å². The van der Waals surface area contributed by atoms with Crippen molar-refractivity contribution >= 4 is 23.1 Å². The van der Waals surface area contributed by atoms with Crippen molar-refractivity contribution in [3.8, 4) is 11.3 Å². The Kier molecular flexibility index (Phi) is 5.78. The molecule has 5 nitrogen and oxygen atoms in total. The fourth-order valence-electron chi connectivity index (χ4n) is 2.63. The van der Waals surface area contributed by atoms with Crippen LogP contribution in [0.1, 0.15) is 26.3 Å². The van der Waals surface area contributed by atoms with Crippen molar-refractivity contribution < 1.29 is 18.0 Å². The second-order valence-corrected chi connectivity index (χ2v) is 7.74. The number of hydrogen-bond donors (Lipinski definition) is 2. The normalized spacial score (nSPS) is 11.8. The number of amides is 1. The number of anilines is 3. The molecule has 0 saturated heterocycles. The predicted octanol–water partition coefficient (Wildman–Crippen LogP) is 5.89. The molecule has 2 aromatic carbocycles. The van der Waals surface area contributed by atoms with E-state index in [4.69, 9.17) is 0 Å². The van der Waals surface area contributed by atoms with Crippen molar-refractivity contribution in [2.24, 2.45) is 5.41 Å². The standard InChI is InChI=1S/C22H21F3N4O/c1-21(2,3)20(30)29-15-10-8-14(9-11-15)28-19-12-18(26-13-27-19)16-6-4-5-7-17(16)22(23,24)25/h4-13H,1-3H3,(H,29,30)(H,26,27,28). The molecule has 0 aliphatic heterocycles. The molecule has 3 aromatic rings. The van der Waals surface area contributed by atoms with Crippen molar-refractivity contribution in [1.29, 1.82) is 0 Å². The summed E-state index contributed by atoms with van der Waals surface area (Å²) in [6.07, 6.45) is -3.27. The van der Waals surface area contributed by atoms with Gasteiger partial charge in [-0.3, -0.25) is 4.79 Å². The van der Waals surface area contributed by atoms with E-state index in [9.17, 15) is 18.0 Å². The van der Waals surface area contributed by atoms with Crippen molar-refractivity contribution in [1.82, 2.24) is 9.97 Å². The third-order valence-corrected chi connectivity index (χ3v) is 4.27. The number of halogens is 3. The van der Waals surface area contributed by atoms with Crippen LogP contribution in [0.25, 0.3) is 11.3 Å². The Morgan fingerprint density at radius 2 is 1.53 bits per heavy atom. The lowest BCUT2D eigenvalue weighted by atomic mass is 9.95. The third-order valence-electron chi connectivity index (χ3n) is 4.27. The minimum absolute atomic E-state index is 0.0179. The molecule has 2 N–H and O–H groups in total. The van der Waals surface area contributed by atoms with Crippen molar-refractivity contribution in [2.75, 3.05) is 10.6 Å². The summed E-state index contributed by atoms with van der Waals surface area (Å²) in [7, 11) is 0. The number of carbonyl (C=O) groups is 1. The van der Waals surface area contributed by atoms with Gasteiger partial charge < -0.3 is 10.6 Å².